The van der Waals surface area contributed by atoms with E-state index < -0.39 is 5.54 Å². The zero-order valence-corrected chi connectivity index (χ0v) is 8.51. The molecule has 1 aliphatic carbocycles. The van der Waals surface area contributed by atoms with E-state index in [1.54, 1.807) is 6.92 Å². The molecular weight excluding hydrogens is 166 g/mol. The fraction of sp³-hybridized carbons (Fsp3) is 0.900. The van der Waals surface area contributed by atoms with Crippen LogP contribution in [-0.4, -0.2) is 18.6 Å². The van der Waals surface area contributed by atoms with Crippen LogP contribution in [-0.2, 0) is 9.53 Å². The van der Waals surface area contributed by atoms with E-state index in [9.17, 15) is 4.79 Å². The van der Waals surface area contributed by atoms with Crippen LogP contribution < -0.4 is 5.73 Å². The molecule has 0 aromatic carbocycles. The van der Waals surface area contributed by atoms with Gasteiger partial charge in [0.1, 0.15) is 5.54 Å². The molecule has 0 aromatic heterocycles. The van der Waals surface area contributed by atoms with Gasteiger partial charge in [-0.15, -0.1) is 0 Å². The first kappa shape index (κ1) is 10.5. The largest absolute Gasteiger partial charge is 0.468 e. The smallest absolute Gasteiger partial charge is 0.325 e. The van der Waals surface area contributed by atoms with E-state index >= 15 is 0 Å². The molecule has 1 atom stereocenters. The molecule has 1 fully saturated rings. The Kier molecular flexibility index (Phi) is 3.31. The summed E-state index contributed by atoms with van der Waals surface area (Å²) in [4.78, 5) is 11.4. The lowest BCUT2D eigenvalue weighted by atomic mass is 9.76. The summed E-state index contributed by atoms with van der Waals surface area (Å²) in [6.45, 7) is 1.79. The van der Waals surface area contributed by atoms with Crippen LogP contribution in [0.1, 0.15) is 39.0 Å². The maximum Gasteiger partial charge on any atom is 0.325 e. The Bertz CT molecular complexity index is 183. The lowest BCUT2D eigenvalue weighted by Crippen LogP contribution is -2.52. The molecule has 0 heterocycles. The minimum Gasteiger partial charge on any atom is -0.468 e. The molecule has 0 saturated heterocycles. The molecule has 0 spiro atoms. The van der Waals surface area contributed by atoms with E-state index in [4.69, 9.17) is 10.5 Å². The van der Waals surface area contributed by atoms with Crippen LogP contribution in [0, 0.1) is 5.92 Å². The lowest BCUT2D eigenvalue weighted by Gasteiger charge is -2.34. The van der Waals surface area contributed by atoms with Gasteiger partial charge in [0.15, 0.2) is 0 Å². The molecule has 13 heavy (non-hydrogen) atoms. The summed E-state index contributed by atoms with van der Waals surface area (Å²) in [6, 6.07) is 0. The average Bonchev–Trinajstić information content (AvgIpc) is 2.18. The molecule has 2 N–H and O–H groups in total. The third-order valence-electron chi connectivity index (χ3n) is 3.08. The van der Waals surface area contributed by atoms with Gasteiger partial charge in [0.25, 0.3) is 0 Å². The highest BCUT2D eigenvalue weighted by atomic mass is 16.5. The number of hydrogen-bond donors (Lipinski definition) is 1. The number of rotatable bonds is 2. The molecule has 0 bridgehead atoms. The van der Waals surface area contributed by atoms with Crippen molar-refractivity contribution in [1.29, 1.82) is 0 Å². The second kappa shape index (κ2) is 4.09. The van der Waals surface area contributed by atoms with Crippen molar-refractivity contribution in [3.05, 3.63) is 0 Å². The highest BCUT2D eigenvalue weighted by Gasteiger charge is 2.38. The Morgan fingerprint density at radius 1 is 1.38 bits per heavy atom. The maximum absolute atomic E-state index is 11.4. The van der Waals surface area contributed by atoms with Gasteiger partial charge in [-0.1, -0.05) is 19.3 Å². The molecule has 1 aliphatic rings. The highest BCUT2D eigenvalue weighted by Crippen LogP contribution is 2.31. The van der Waals surface area contributed by atoms with Crippen LogP contribution in [0.2, 0.25) is 0 Å². The van der Waals surface area contributed by atoms with Gasteiger partial charge in [-0.3, -0.25) is 4.79 Å². The Morgan fingerprint density at radius 3 is 2.38 bits per heavy atom. The maximum atomic E-state index is 11.4. The highest BCUT2D eigenvalue weighted by molar-refractivity contribution is 5.80. The third-order valence-corrected chi connectivity index (χ3v) is 3.08. The lowest BCUT2D eigenvalue weighted by molar-refractivity contribution is -0.149. The Hall–Kier alpha value is -0.570. The van der Waals surface area contributed by atoms with E-state index in [0.29, 0.717) is 5.92 Å². The molecule has 1 unspecified atom stereocenters. The van der Waals surface area contributed by atoms with Crippen LogP contribution in [0.25, 0.3) is 0 Å². The molecule has 1 rings (SSSR count). The number of carbonyl (C=O) groups excluding carboxylic acids is 1. The SMILES string of the molecule is COC(=O)C(C)(N)C1CCCCC1. The summed E-state index contributed by atoms with van der Waals surface area (Å²) in [5, 5.41) is 0. The zero-order valence-electron chi connectivity index (χ0n) is 8.51. The number of hydrogen-bond acceptors (Lipinski definition) is 3. The van der Waals surface area contributed by atoms with E-state index in [1.165, 1.54) is 26.4 Å². The molecule has 0 amide bonds. The zero-order chi connectivity index (χ0) is 9.90. The van der Waals surface area contributed by atoms with Crippen molar-refractivity contribution in [3.63, 3.8) is 0 Å². The first-order chi connectivity index (χ1) is 6.09. The Morgan fingerprint density at radius 2 is 1.92 bits per heavy atom. The van der Waals surface area contributed by atoms with Crippen LogP contribution >= 0.6 is 0 Å². The van der Waals surface area contributed by atoms with Crippen LogP contribution in [0.15, 0.2) is 0 Å². The summed E-state index contributed by atoms with van der Waals surface area (Å²) >= 11 is 0. The number of carbonyl (C=O) groups is 1. The van der Waals surface area contributed by atoms with Crippen LogP contribution in [0.4, 0.5) is 0 Å². The van der Waals surface area contributed by atoms with Gasteiger partial charge < -0.3 is 10.5 Å². The number of methoxy groups -OCH3 is 1. The van der Waals surface area contributed by atoms with E-state index in [-0.39, 0.29) is 5.97 Å². The van der Waals surface area contributed by atoms with Crippen molar-refractivity contribution in [1.82, 2.24) is 0 Å². The van der Waals surface area contributed by atoms with Gasteiger partial charge >= 0.3 is 5.97 Å². The fourth-order valence-corrected chi connectivity index (χ4v) is 2.09. The van der Waals surface area contributed by atoms with Gasteiger partial charge in [0, 0.05) is 0 Å². The fourth-order valence-electron chi connectivity index (χ4n) is 2.09. The Labute approximate surface area is 79.6 Å². The summed E-state index contributed by atoms with van der Waals surface area (Å²) in [6.07, 6.45) is 5.76. The minimum atomic E-state index is -0.783. The molecule has 3 nitrogen and oxygen atoms in total. The van der Waals surface area contributed by atoms with Crippen molar-refractivity contribution in [3.8, 4) is 0 Å². The van der Waals surface area contributed by atoms with Crippen molar-refractivity contribution < 1.29 is 9.53 Å². The number of nitrogens with two attached hydrogens (primary N) is 1. The average molecular weight is 185 g/mol. The van der Waals surface area contributed by atoms with Crippen LogP contribution in [0.3, 0.4) is 0 Å². The molecule has 3 heteroatoms. The van der Waals surface area contributed by atoms with Crippen molar-refractivity contribution >= 4 is 5.97 Å². The molecule has 76 valence electrons. The summed E-state index contributed by atoms with van der Waals surface area (Å²) in [5.74, 6) is 0.0214. The van der Waals surface area contributed by atoms with Crippen molar-refractivity contribution in [2.24, 2.45) is 11.7 Å². The topological polar surface area (TPSA) is 52.3 Å². The summed E-state index contributed by atoms with van der Waals surface area (Å²) in [7, 11) is 1.40. The third kappa shape index (κ3) is 2.21. The van der Waals surface area contributed by atoms with Gasteiger partial charge in [-0.05, 0) is 25.7 Å². The van der Waals surface area contributed by atoms with E-state index in [1.807, 2.05) is 0 Å². The summed E-state index contributed by atoms with van der Waals surface area (Å²) in [5.41, 5.74) is 5.19. The second-order valence-electron chi connectivity index (χ2n) is 4.11. The predicted molar refractivity (Wildman–Crippen MR) is 51.2 cm³/mol. The normalized spacial score (nSPS) is 23.6. The Balaban J connectivity index is 2.60. The molecule has 1 saturated carbocycles. The minimum absolute atomic E-state index is 0.278. The second-order valence-corrected chi connectivity index (χ2v) is 4.11. The first-order valence-corrected chi connectivity index (χ1v) is 4.96. The number of esters is 1. The van der Waals surface area contributed by atoms with Crippen molar-refractivity contribution in [2.45, 2.75) is 44.6 Å². The van der Waals surface area contributed by atoms with Gasteiger partial charge in [0.05, 0.1) is 7.11 Å². The summed E-state index contributed by atoms with van der Waals surface area (Å²) < 4.78 is 4.70. The van der Waals surface area contributed by atoms with Crippen LogP contribution in [0.5, 0.6) is 0 Å². The van der Waals surface area contributed by atoms with Gasteiger partial charge in [0.2, 0.25) is 0 Å². The van der Waals surface area contributed by atoms with E-state index in [0.717, 1.165) is 12.8 Å². The van der Waals surface area contributed by atoms with Gasteiger partial charge in [-0.25, -0.2) is 0 Å². The quantitative estimate of drug-likeness (QED) is 0.662. The monoisotopic (exact) mass is 185 g/mol. The first-order valence-electron chi connectivity index (χ1n) is 4.96. The molecule has 0 aliphatic heterocycles. The molecular formula is C10H19NO2. The predicted octanol–water partition coefficient (Wildman–Crippen LogP) is 1.46. The van der Waals surface area contributed by atoms with Crippen molar-refractivity contribution in [2.75, 3.05) is 7.11 Å². The molecule has 0 radical (unpaired) electrons. The molecule has 0 aromatic rings. The van der Waals surface area contributed by atoms with Gasteiger partial charge in [-0.2, -0.15) is 0 Å². The van der Waals surface area contributed by atoms with E-state index in [2.05, 4.69) is 0 Å². The standard InChI is InChI=1S/C10H19NO2/c1-10(11,9(12)13-2)8-6-4-3-5-7-8/h8H,3-7,11H2,1-2H3. The number of ether oxygens (including phenoxy) is 1.